The molecule has 0 fully saturated rings. The van der Waals surface area contributed by atoms with Crippen molar-refractivity contribution >= 4 is 39.2 Å². The van der Waals surface area contributed by atoms with Gasteiger partial charge in [0, 0.05) is 25.0 Å². The summed E-state index contributed by atoms with van der Waals surface area (Å²) in [6.45, 7) is 3.91. The smallest absolute Gasteiger partial charge is 0.462 e. The predicted molar refractivity (Wildman–Crippen MR) is 279 cm³/mol. The largest absolute Gasteiger partial charge is 0.481 e. The van der Waals surface area contributed by atoms with Crippen molar-refractivity contribution in [3.05, 3.63) is 59.2 Å². The first-order valence-corrected chi connectivity index (χ1v) is 29.9. The number of phosphoric ester groups is 2. The lowest BCUT2D eigenvalue weighted by Crippen LogP contribution is -2.49. The number of carbonyl (C=O) groups is 3. The highest BCUT2D eigenvalue weighted by atomic mass is 31.3. The number of nitrogens with two attached hydrogens (primary N) is 1. The molecule has 3 heterocycles. The van der Waals surface area contributed by atoms with Crippen LogP contribution in [0.3, 0.4) is 0 Å². The van der Waals surface area contributed by atoms with E-state index in [0.717, 1.165) is 55.1 Å². The predicted octanol–water partition coefficient (Wildman–Crippen LogP) is 9.03. The third-order valence-electron chi connectivity index (χ3n) is 12.9. The van der Waals surface area contributed by atoms with Crippen LogP contribution in [0.4, 0.5) is 5.82 Å². The number of aliphatic hydroxyl groups excluding tert-OH is 3. The van der Waals surface area contributed by atoms with Crippen molar-refractivity contribution in [2.45, 2.75) is 212 Å². The van der Waals surface area contributed by atoms with Crippen LogP contribution >= 0.6 is 15.6 Å². The minimum absolute atomic E-state index is 0.0533. The van der Waals surface area contributed by atoms with E-state index < -0.39 is 107 Å². The molecule has 10 atom stereocenters. The third kappa shape index (κ3) is 27.1. The second-order valence-corrected chi connectivity index (χ2v) is 22.9. The van der Waals surface area contributed by atoms with E-state index in [1.165, 1.54) is 94.7 Å². The maximum Gasteiger partial charge on any atom is 0.481 e. The number of nitrogens with zero attached hydrogens (tertiary/aromatic N) is 2. The molecule has 0 aliphatic carbocycles. The van der Waals surface area contributed by atoms with Crippen molar-refractivity contribution in [2.75, 3.05) is 25.6 Å². The number of aromatic nitrogens is 2. The lowest BCUT2D eigenvalue weighted by molar-refractivity contribution is -0.167. The molecule has 7 N–H and O–H groups in total. The number of aliphatic hydroxyl groups is 3. The molecule has 0 aromatic carbocycles. The number of fused-ring (bicyclic) bond motifs is 3. The number of nitrogen functional groups attached to an aromatic ring is 1. The van der Waals surface area contributed by atoms with Gasteiger partial charge < -0.3 is 45.1 Å². The summed E-state index contributed by atoms with van der Waals surface area (Å²) >= 11 is 0. The van der Waals surface area contributed by atoms with Crippen LogP contribution in [0.1, 0.15) is 181 Å². The van der Waals surface area contributed by atoms with Crippen molar-refractivity contribution in [1.29, 1.82) is 0 Å². The number of hydrogen-bond donors (Lipinski definition) is 6. The highest BCUT2D eigenvalue weighted by molar-refractivity contribution is 7.61. The SMILES string of the molecule is CCCCC[C@H](O)C=C[C@H]1C(=O)C=C[C@@H]2CC=CCCCC(=O)O[C@H](COC(=O)CCCCCCCCCCCCCCCCC(C)C)COP(=O)(O)OP(=O)(O)OC[C@@H](O[C@H]2n2ccc(N)nc2=O)[C@@H](O)[C@H]1O. The number of hydrogen-bond acceptors (Lipinski definition) is 17. The minimum Gasteiger partial charge on any atom is -0.462 e. The van der Waals surface area contributed by atoms with Gasteiger partial charge in [-0.15, -0.1) is 0 Å². The van der Waals surface area contributed by atoms with E-state index in [-0.39, 0.29) is 31.5 Å². The van der Waals surface area contributed by atoms with Crippen LogP contribution in [0.2, 0.25) is 0 Å². The molecule has 2 unspecified atom stereocenters. The molecule has 1 aromatic rings. The molecule has 0 saturated carbocycles. The van der Waals surface area contributed by atoms with E-state index in [4.69, 9.17) is 29.0 Å². The number of ketones is 1. The molecule has 22 heteroatoms. The Bertz CT molecular complexity index is 2050. The fourth-order valence-electron chi connectivity index (χ4n) is 8.59. The van der Waals surface area contributed by atoms with E-state index in [1.54, 1.807) is 12.2 Å². The quantitative estimate of drug-likeness (QED) is 0.0218. The average molecular weight is 1090 g/mol. The van der Waals surface area contributed by atoms with E-state index in [2.05, 4.69) is 23.1 Å². The van der Waals surface area contributed by atoms with Gasteiger partial charge in [0.2, 0.25) is 0 Å². The van der Waals surface area contributed by atoms with Crippen LogP contribution in [0.25, 0.3) is 0 Å². The third-order valence-corrected chi connectivity index (χ3v) is 15.5. The first-order chi connectivity index (χ1) is 35.3. The number of carbonyl (C=O) groups excluding carboxylic acids is 3. The van der Waals surface area contributed by atoms with Gasteiger partial charge in [0.25, 0.3) is 0 Å². The number of ether oxygens (including phenoxy) is 3. The van der Waals surface area contributed by atoms with Crippen LogP contribution in [0, 0.1) is 17.8 Å². The number of unbranched alkanes of at least 4 members (excludes halogenated alkanes) is 15. The second-order valence-electron chi connectivity index (χ2n) is 19.9. The van der Waals surface area contributed by atoms with Gasteiger partial charge in [0.15, 0.2) is 11.9 Å². The molecule has 0 radical (unpaired) electrons. The molecule has 2 aliphatic heterocycles. The Morgan fingerprint density at radius 2 is 1.47 bits per heavy atom. The number of esters is 2. The molecule has 0 saturated heterocycles. The fourth-order valence-corrected chi connectivity index (χ4v) is 10.7. The van der Waals surface area contributed by atoms with Crippen molar-refractivity contribution in [2.24, 2.45) is 17.8 Å². The summed E-state index contributed by atoms with van der Waals surface area (Å²) in [5.41, 5.74) is 4.84. The number of anilines is 1. The summed E-state index contributed by atoms with van der Waals surface area (Å²) in [7, 11) is -11.2. The van der Waals surface area contributed by atoms with E-state index in [0.29, 0.717) is 25.7 Å². The summed E-state index contributed by atoms with van der Waals surface area (Å²) in [5.74, 6) is -3.86. The Hall–Kier alpha value is -3.39. The normalized spacial score (nSPS) is 27.6. The lowest BCUT2D eigenvalue weighted by atomic mass is 9.88. The number of phosphoric acid groups is 2. The van der Waals surface area contributed by atoms with Gasteiger partial charge in [-0.2, -0.15) is 9.29 Å². The van der Waals surface area contributed by atoms with Crippen molar-refractivity contribution in [3.8, 4) is 0 Å². The highest BCUT2D eigenvalue weighted by Gasteiger charge is 2.42. The summed E-state index contributed by atoms with van der Waals surface area (Å²) < 4.78 is 59.1. The van der Waals surface area contributed by atoms with Crippen LogP contribution in [-0.2, 0) is 51.1 Å². The van der Waals surface area contributed by atoms with Gasteiger partial charge in [-0.1, -0.05) is 160 Å². The zero-order chi connectivity index (χ0) is 54.4. The van der Waals surface area contributed by atoms with E-state index >= 15 is 0 Å². The van der Waals surface area contributed by atoms with Gasteiger partial charge in [-0.05, 0) is 50.2 Å². The Morgan fingerprint density at radius 1 is 0.865 bits per heavy atom. The molecular formula is C52H87N3O17P2. The first kappa shape index (κ1) is 64.9. The number of rotatable bonds is 26. The van der Waals surface area contributed by atoms with Gasteiger partial charge in [0.05, 0.1) is 31.3 Å². The molecule has 20 nitrogen and oxygen atoms in total. The van der Waals surface area contributed by atoms with E-state index in [9.17, 15) is 53.4 Å². The van der Waals surface area contributed by atoms with Crippen molar-refractivity contribution < 1.29 is 76.2 Å². The fraction of sp³-hybridized carbons (Fsp3) is 0.750. The summed E-state index contributed by atoms with van der Waals surface area (Å²) in [5, 5.41) is 33.8. The molecule has 3 rings (SSSR count). The highest BCUT2D eigenvalue weighted by Crippen LogP contribution is 2.60. The number of allylic oxidation sites excluding steroid dienone is 3. The molecule has 2 aliphatic rings. The topological polar surface area (TPSA) is 303 Å². The monoisotopic (exact) mass is 1090 g/mol. The molecular weight excluding hydrogens is 1000 g/mol. The van der Waals surface area contributed by atoms with Crippen LogP contribution in [-0.4, -0.2) is 103 Å². The maximum atomic E-state index is 13.8. The van der Waals surface area contributed by atoms with Crippen molar-refractivity contribution in [1.82, 2.24) is 9.55 Å². The minimum atomic E-state index is -5.67. The molecule has 0 spiro atoms. The molecule has 2 bridgehead atoms. The maximum absolute atomic E-state index is 13.8. The molecule has 1 aromatic heterocycles. The van der Waals surface area contributed by atoms with Gasteiger partial charge in [-0.3, -0.25) is 28.0 Å². The van der Waals surface area contributed by atoms with Crippen LogP contribution in [0.15, 0.2) is 53.5 Å². The molecule has 74 heavy (non-hydrogen) atoms. The van der Waals surface area contributed by atoms with Crippen molar-refractivity contribution in [3.63, 3.8) is 0 Å². The summed E-state index contributed by atoms with van der Waals surface area (Å²) in [6, 6.07) is 1.28. The molecule has 0 amide bonds. The summed E-state index contributed by atoms with van der Waals surface area (Å²) in [6.07, 6.45) is 20.7. The average Bonchev–Trinajstić information content (AvgIpc) is 3.33. The lowest BCUT2D eigenvalue weighted by Gasteiger charge is -2.36. The van der Waals surface area contributed by atoms with Crippen LogP contribution < -0.4 is 11.4 Å². The van der Waals surface area contributed by atoms with E-state index in [1.807, 2.05) is 6.92 Å². The summed E-state index contributed by atoms with van der Waals surface area (Å²) in [4.78, 5) is 77.9. The second kappa shape index (κ2) is 35.8. The Balaban J connectivity index is 1.70. The Labute approximate surface area is 437 Å². The molecule has 422 valence electrons. The number of cyclic esters (lactones) is 1. The van der Waals surface area contributed by atoms with Gasteiger partial charge in [-0.25, -0.2) is 13.9 Å². The van der Waals surface area contributed by atoms with Gasteiger partial charge >= 0.3 is 33.3 Å². The van der Waals surface area contributed by atoms with Crippen LogP contribution in [0.5, 0.6) is 0 Å². The zero-order valence-corrected chi connectivity index (χ0v) is 45.7. The first-order valence-electron chi connectivity index (χ1n) is 26.9. The Morgan fingerprint density at radius 3 is 2.09 bits per heavy atom. The Kier molecular flexibility index (Phi) is 31.4. The standard InChI is InChI=1S/C52H87N3O17P2/c1-4-5-20-27-41(56)31-32-43-44(57)33-30-40-26-22-18-19-24-29-48(59)70-42(36-67-47(58)28-23-17-15-13-11-9-7-6-8-10-12-14-16-21-25-39(2)3)37-68-73(63,64)72-74(65,66)69-38-45(50(61)49(43)60)71-51(40)55-35-34-46(53)54-52(55)62/h18,22,30-35,39-43,45,49-51,56,60-61H,4-17,19-21,23-29,36-38H2,1-3H3,(H,63,64)(H,65,66)(H2,53,54,62)/t40-,41-,42+,43-,45+,49-,50+,51+/m0/s1. The zero-order valence-electron chi connectivity index (χ0n) is 43.9. The van der Waals surface area contributed by atoms with Gasteiger partial charge in [0.1, 0.15) is 30.9 Å².